The summed E-state index contributed by atoms with van der Waals surface area (Å²) in [6, 6.07) is 4.10. The lowest BCUT2D eigenvalue weighted by molar-refractivity contribution is 0.232. The maximum atomic E-state index is 5.56. The molecule has 0 aliphatic heterocycles. The summed E-state index contributed by atoms with van der Waals surface area (Å²) < 4.78 is 11.9. The molecule has 1 N–H and O–H groups in total. The van der Waals surface area contributed by atoms with Gasteiger partial charge in [-0.3, -0.25) is 0 Å². The summed E-state index contributed by atoms with van der Waals surface area (Å²) in [5.41, 5.74) is 1.61. The highest BCUT2D eigenvalue weighted by atomic mass is 79.9. The molecule has 4 aliphatic rings. The van der Waals surface area contributed by atoms with Crippen LogP contribution in [0, 0.1) is 17.8 Å². The van der Waals surface area contributed by atoms with E-state index in [4.69, 9.17) is 9.47 Å². The van der Waals surface area contributed by atoms with Gasteiger partial charge in [-0.25, -0.2) is 0 Å². The lowest BCUT2D eigenvalue weighted by Crippen LogP contribution is -2.45. The van der Waals surface area contributed by atoms with E-state index in [1.54, 1.807) is 14.2 Å². The first-order valence-electron chi connectivity index (χ1n) is 8.29. The van der Waals surface area contributed by atoms with Crippen molar-refractivity contribution in [2.24, 2.45) is 17.8 Å². The Morgan fingerprint density at radius 3 is 2.41 bits per heavy atom. The summed E-state index contributed by atoms with van der Waals surface area (Å²) in [6.07, 6.45) is 7.15. The van der Waals surface area contributed by atoms with E-state index in [0.717, 1.165) is 40.3 Å². The van der Waals surface area contributed by atoms with Crippen LogP contribution >= 0.6 is 15.9 Å². The van der Waals surface area contributed by atoms with Crippen molar-refractivity contribution in [2.75, 3.05) is 14.2 Å². The molecule has 1 aromatic rings. The van der Waals surface area contributed by atoms with Crippen LogP contribution in [0.15, 0.2) is 16.6 Å². The van der Waals surface area contributed by atoms with E-state index in [2.05, 4.69) is 27.3 Å². The SMILES string of the molecule is COc1cc(OC)c(CNC23CC4CC(CC2C4)C3)cc1Br. The lowest BCUT2D eigenvalue weighted by Gasteiger charge is -2.34. The fourth-order valence-corrected chi connectivity index (χ4v) is 5.97. The molecule has 120 valence electrons. The zero-order chi connectivity index (χ0) is 15.3. The van der Waals surface area contributed by atoms with Crippen LogP contribution < -0.4 is 14.8 Å². The smallest absolute Gasteiger partial charge is 0.136 e. The Hall–Kier alpha value is -0.740. The Balaban J connectivity index is 1.54. The average Bonchev–Trinajstić information content (AvgIpc) is 2.90. The highest BCUT2D eigenvalue weighted by Crippen LogP contribution is 2.60. The van der Waals surface area contributed by atoms with E-state index in [1.807, 2.05) is 6.07 Å². The monoisotopic (exact) mass is 365 g/mol. The first-order chi connectivity index (χ1) is 10.6. The summed E-state index contributed by atoms with van der Waals surface area (Å²) in [5.74, 6) is 4.59. The van der Waals surface area contributed by atoms with Crippen LogP contribution in [0.2, 0.25) is 0 Å². The normalized spacial score (nSPS) is 35.1. The third-order valence-electron chi connectivity index (χ3n) is 6.18. The van der Waals surface area contributed by atoms with E-state index in [1.165, 1.54) is 37.7 Å². The van der Waals surface area contributed by atoms with Gasteiger partial charge in [-0.1, -0.05) is 0 Å². The molecule has 4 heteroatoms. The molecule has 2 atom stereocenters. The number of hydrogen-bond acceptors (Lipinski definition) is 3. The van der Waals surface area contributed by atoms with Crippen LogP contribution in [0.4, 0.5) is 0 Å². The molecule has 3 nitrogen and oxygen atoms in total. The van der Waals surface area contributed by atoms with Gasteiger partial charge in [-0.2, -0.15) is 0 Å². The second-order valence-corrected chi connectivity index (χ2v) is 8.21. The lowest BCUT2D eigenvalue weighted by atomic mass is 9.80. The van der Waals surface area contributed by atoms with Crippen LogP contribution in [-0.4, -0.2) is 19.8 Å². The van der Waals surface area contributed by atoms with Crippen molar-refractivity contribution in [1.29, 1.82) is 0 Å². The van der Waals surface area contributed by atoms with Crippen molar-refractivity contribution in [2.45, 2.75) is 44.2 Å². The van der Waals surface area contributed by atoms with Gasteiger partial charge in [0.15, 0.2) is 0 Å². The van der Waals surface area contributed by atoms with Crippen molar-refractivity contribution in [3.8, 4) is 11.5 Å². The molecular formula is C18H24BrNO2. The minimum Gasteiger partial charge on any atom is -0.496 e. The number of halogens is 1. The summed E-state index contributed by atoms with van der Waals surface area (Å²) in [4.78, 5) is 0. The number of rotatable bonds is 5. The molecule has 4 fully saturated rings. The maximum absolute atomic E-state index is 5.56. The number of methoxy groups -OCH3 is 2. The predicted octanol–water partition coefficient (Wildman–Crippen LogP) is 4.13. The number of nitrogens with one attached hydrogen (secondary N) is 1. The molecule has 2 unspecified atom stereocenters. The molecule has 4 aliphatic carbocycles. The third-order valence-corrected chi connectivity index (χ3v) is 6.80. The van der Waals surface area contributed by atoms with E-state index < -0.39 is 0 Å². The van der Waals surface area contributed by atoms with Crippen LogP contribution in [0.3, 0.4) is 0 Å². The van der Waals surface area contributed by atoms with E-state index >= 15 is 0 Å². The van der Waals surface area contributed by atoms with Gasteiger partial charge >= 0.3 is 0 Å². The summed E-state index contributed by atoms with van der Waals surface area (Å²) in [6.45, 7) is 0.877. The largest absolute Gasteiger partial charge is 0.496 e. The van der Waals surface area contributed by atoms with Gasteiger partial charge in [-0.05, 0) is 71.9 Å². The molecule has 0 aromatic heterocycles. The molecule has 0 amide bonds. The van der Waals surface area contributed by atoms with Gasteiger partial charge in [0, 0.05) is 23.7 Å². The molecule has 4 saturated carbocycles. The molecule has 0 spiro atoms. The number of benzene rings is 1. The van der Waals surface area contributed by atoms with Crippen LogP contribution in [0.5, 0.6) is 11.5 Å². The summed E-state index contributed by atoms with van der Waals surface area (Å²) in [5, 5.41) is 3.93. The van der Waals surface area contributed by atoms with Crippen molar-refractivity contribution < 1.29 is 9.47 Å². The average molecular weight is 366 g/mol. The standard InChI is InChI=1S/C18H24BrNO2/c1-21-16-7-17(22-2)15(19)6-13(16)10-20-18-8-11-3-12(9-18)5-14(18)4-11/h6-7,11-12,14,20H,3-5,8-10H2,1-2H3. The van der Waals surface area contributed by atoms with E-state index in [0.29, 0.717) is 5.54 Å². The Morgan fingerprint density at radius 2 is 1.77 bits per heavy atom. The first-order valence-corrected chi connectivity index (χ1v) is 9.08. The van der Waals surface area contributed by atoms with E-state index in [9.17, 15) is 0 Å². The van der Waals surface area contributed by atoms with Crippen LogP contribution in [-0.2, 0) is 6.54 Å². The van der Waals surface area contributed by atoms with Crippen molar-refractivity contribution in [1.82, 2.24) is 5.32 Å². The van der Waals surface area contributed by atoms with Gasteiger partial charge in [0.25, 0.3) is 0 Å². The molecule has 0 heterocycles. The maximum Gasteiger partial charge on any atom is 0.136 e. The zero-order valence-electron chi connectivity index (χ0n) is 13.3. The van der Waals surface area contributed by atoms with Gasteiger partial charge < -0.3 is 14.8 Å². The van der Waals surface area contributed by atoms with E-state index in [-0.39, 0.29) is 0 Å². The van der Waals surface area contributed by atoms with Gasteiger partial charge in [-0.15, -0.1) is 0 Å². The van der Waals surface area contributed by atoms with Crippen molar-refractivity contribution in [3.05, 3.63) is 22.2 Å². The van der Waals surface area contributed by atoms with Gasteiger partial charge in [0.1, 0.15) is 11.5 Å². The Kier molecular flexibility index (Phi) is 3.65. The molecule has 5 rings (SSSR count). The van der Waals surface area contributed by atoms with Crippen molar-refractivity contribution in [3.63, 3.8) is 0 Å². The third kappa shape index (κ3) is 2.26. The van der Waals surface area contributed by atoms with Crippen LogP contribution in [0.25, 0.3) is 0 Å². The summed E-state index contributed by atoms with van der Waals surface area (Å²) >= 11 is 3.59. The zero-order valence-corrected chi connectivity index (χ0v) is 14.9. The highest BCUT2D eigenvalue weighted by molar-refractivity contribution is 9.10. The molecule has 22 heavy (non-hydrogen) atoms. The first kappa shape index (κ1) is 14.8. The minimum absolute atomic E-state index is 0.408. The molecular weight excluding hydrogens is 342 g/mol. The van der Waals surface area contributed by atoms with Crippen LogP contribution in [0.1, 0.15) is 37.7 Å². The second-order valence-electron chi connectivity index (χ2n) is 7.35. The van der Waals surface area contributed by atoms with Gasteiger partial charge in [0.05, 0.1) is 18.7 Å². The topological polar surface area (TPSA) is 30.5 Å². The number of hydrogen-bond donors (Lipinski definition) is 1. The fraction of sp³-hybridized carbons (Fsp3) is 0.667. The molecule has 1 aromatic carbocycles. The Morgan fingerprint density at radius 1 is 1.09 bits per heavy atom. The molecule has 0 radical (unpaired) electrons. The fourth-order valence-electron chi connectivity index (χ4n) is 5.42. The Bertz CT molecular complexity index is 575. The predicted molar refractivity (Wildman–Crippen MR) is 90.4 cm³/mol. The van der Waals surface area contributed by atoms with Gasteiger partial charge in [0.2, 0.25) is 0 Å². The minimum atomic E-state index is 0.408. The quantitative estimate of drug-likeness (QED) is 0.850. The Labute approximate surface area is 140 Å². The second kappa shape index (κ2) is 5.41. The summed E-state index contributed by atoms with van der Waals surface area (Å²) in [7, 11) is 3.41. The number of ether oxygens (including phenoxy) is 2. The van der Waals surface area contributed by atoms with Crippen molar-refractivity contribution >= 4 is 15.9 Å². The highest BCUT2D eigenvalue weighted by Gasteiger charge is 2.57. The molecule has 0 saturated heterocycles. The molecule has 4 bridgehead atoms.